The summed E-state index contributed by atoms with van der Waals surface area (Å²) in [6, 6.07) is 4.99. The average molecular weight is 247 g/mol. The first kappa shape index (κ1) is 13.5. The molecule has 0 saturated heterocycles. The van der Waals surface area contributed by atoms with Crippen LogP contribution in [-0.2, 0) is 6.54 Å². The lowest BCUT2D eigenvalue weighted by molar-refractivity contribution is 0.274. The van der Waals surface area contributed by atoms with Crippen LogP contribution in [0.15, 0.2) is 24.5 Å². The van der Waals surface area contributed by atoms with Crippen molar-refractivity contribution in [3.63, 3.8) is 0 Å². The minimum atomic E-state index is 0.782. The van der Waals surface area contributed by atoms with Crippen LogP contribution in [0.4, 0.5) is 0 Å². The lowest BCUT2D eigenvalue weighted by Gasteiger charge is -2.22. The van der Waals surface area contributed by atoms with Crippen LogP contribution >= 0.6 is 0 Å². The predicted molar refractivity (Wildman–Crippen MR) is 75.4 cm³/mol. The van der Waals surface area contributed by atoms with Gasteiger partial charge in [0, 0.05) is 38.1 Å². The predicted octanol–water partition coefficient (Wildman–Crippen LogP) is 2.44. The number of hydrogen-bond donors (Lipinski definition) is 1. The van der Waals surface area contributed by atoms with Crippen LogP contribution in [0, 0.1) is 0 Å². The van der Waals surface area contributed by atoms with Gasteiger partial charge in [-0.2, -0.15) is 0 Å². The third kappa shape index (κ3) is 4.39. The van der Waals surface area contributed by atoms with Crippen LogP contribution in [-0.4, -0.2) is 35.6 Å². The summed E-state index contributed by atoms with van der Waals surface area (Å²) in [6.45, 7) is 6.62. The Hall–Kier alpha value is -0.930. The zero-order valence-corrected chi connectivity index (χ0v) is 11.4. The van der Waals surface area contributed by atoms with Gasteiger partial charge in [-0.05, 0) is 37.1 Å². The molecule has 3 heteroatoms. The van der Waals surface area contributed by atoms with E-state index in [9.17, 15) is 0 Å². The minimum absolute atomic E-state index is 0.782. The molecule has 0 radical (unpaired) electrons. The molecule has 1 aliphatic carbocycles. The van der Waals surface area contributed by atoms with Crippen LogP contribution in [0.3, 0.4) is 0 Å². The van der Waals surface area contributed by atoms with Gasteiger partial charge in [0.05, 0.1) is 0 Å². The first-order valence-electron chi connectivity index (χ1n) is 7.23. The maximum Gasteiger partial charge on any atom is 0.0271 e. The lowest BCUT2D eigenvalue weighted by atomic mass is 10.2. The van der Waals surface area contributed by atoms with E-state index in [0.29, 0.717) is 0 Å². The van der Waals surface area contributed by atoms with Crippen molar-refractivity contribution in [1.82, 2.24) is 15.2 Å². The Bertz CT molecular complexity index is 320. The maximum absolute atomic E-state index is 4.06. The monoisotopic (exact) mass is 247 g/mol. The number of rotatable bonds is 7. The molecule has 1 aliphatic rings. The first-order chi connectivity index (χ1) is 8.88. The van der Waals surface area contributed by atoms with Crippen molar-refractivity contribution in [1.29, 1.82) is 0 Å². The van der Waals surface area contributed by atoms with E-state index in [1.165, 1.54) is 31.2 Å². The second-order valence-corrected chi connectivity index (χ2v) is 5.16. The van der Waals surface area contributed by atoms with Gasteiger partial charge in [-0.3, -0.25) is 9.88 Å². The zero-order valence-electron chi connectivity index (χ0n) is 11.4. The first-order valence-corrected chi connectivity index (χ1v) is 7.23. The fraction of sp³-hybridized carbons (Fsp3) is 0.667. The van der Waals surface area contributed by atoms with Gasteiger partial charge in [0.1, 0.15) is 0 Å². The molecule has 1 fully saturated rings. The molecule has 0 spiro atoms. The number of likely N-dealkylation sites (N-methyl/N-ethyl adjacent to an activating group) is 1. The summed E-state index contributed by atoms with van der Waals surface area (Å²) in [5, 5.41) is 3.68. The normalized spacial score (nSPS) is 16.6. The number of hydrogen-bond acceptors (Lipinski definition) is 3. The van der Waals surface area contributed by atoms with Crippen LogP contribution in [0.25, 0.3) is 0 Å². The molecule has 1 N–H and O–H groups in total. The minimum Gasteiger partial charge on any atom is -0.313 e. The van der Waals surface area contributed by atoms with Crippen LogP contribution in [0.1, 0.15) is 38.2 Å². The molecule has 100 valence electrons. The largest absolute Gasteiger partial charge is 0.313 e. The molecule has 0 amide bonds. The molecule has 2 rings (SSSR count). The summed E-state index contributed by atoms with van der Waals surface area (Å²) in [4.78, 5) is 6.55. The highest BCUT2D eigenvalue weighted by atomic mass is 15.1. The molecule has 0 atom stereocenters. The smallest absolute Gasteiger partial charge is 0.0271 e. The third-order valence-corrected chi connectivity index (χ3v) is 3.82. The summed E-state index contributed by atoms with van der Waals surface area (Å²) in [5.74, 6) is 0. The molecule has 3 nitrogen and oxygen atoms in total. The second-order valence-electron chi connectivity index (χ2n) is 5.16. The molecule has 1 heterocycles. The molecular formula is C15H25N3. The van der Waals surface area contributed by atoms with E-state index in [0.717, 1.165) is 32.2 Å². The van der Waals surface area contributed by atoms with Crippen molar-refractivity contribution < 1.29 is 0 Å². The Balaban J connectivity index is 1.68. The molecule has 1 aromatic heterocycles. The molecule has 0 unspecified atom stereocenters. The topological polar surface area (TPSA) is 28.2 Å². The summed E-state index contributed by atoms with van der Waals surface area (Å²) in [6.07, 6.45) is 9.31. The number of pyridine rings is 1. The van der Waals surface area contributed by atoms with E-state index in [4.69, 9.17) is 0 Å². The quantitative estimate of drug-likeness (QED) is 0.802. The van der Waals surface area contributed by atoms with Gasteiger partial charge < -0.3 is 5.32 Å². The van der Waals surface area contributed by atoms with E-state index in [1.807, 2.05) is 12.4 Å². The van der Waals surface area contributed by atoms with E-state index in [1.54, 1.807) is 0 Å². The Labute approximate surface area is 111 Å². The van der Waals surface area contributed by atoms with Gasteiger partial charge in [0.25, 0.3) is 0 Å². The van der Waals surface area contributed by atoms with Crippen LogP contribution < -0.4 is 5.32 Å². The molecule has 1 saturated carbocycles. The Morgan fingerprint density at radius 2 is 2.00 bits per heavy atom. The summed E-state index contributed by atoms with van der Waals surface area (Å²) >= 11 is 0. The Morgan fingerprint density at radius 1 is 1.28 bits per heavy atom. The second kappa shape index (κ2) is 7.49. The van der Waals surface area contributed by atoms with Gasteiger partial charge in [-0.15, -0.1) is 0 Å². The molecule has 1 aromatic rings. The van der Waals surface area contributed by atoms with Crippen LogP contribution in [0.2, 0.25) is 0 Å². The van der Waals surface area contributed by atoms with E-state index >= 15 is 0 Å². The van der Waals surface area contributed by atoms with Gasteiger partial charge >= 0.3 is 0 Å². The van der Waals surface area contributed by atoms with Crippen molar-refractivity contribution >= 4 is 0 Å². The van der Waals surface area contributed by atoms with Gasteiger partial charge in [-0.25, -0.2) is 0 Å². The number of aromatic nitrogens is 1. The number of nitrogens with zero attached hydrogens (tertiary/aromatic N) is 2. The molecular weight excluding hydrogens is 222 g/mol. The lowest BCUT2D eigenvalue weighted by Crippen LogP contribution is -2.35. The maximum atomic E-state index is 4.06. The molecule has 0 aromatic carbocycles. The van der Waals surface area contributed by atoms with E-state index < -0.39 is 0 Å². The fourth-order valence-electron chi connectivity index (χ4n) is 2.65. The van der Waals surface area contributed by atoms with Crippen molar-refractivity contribution in [3.8, 4) is 0 Å². The zero-order chi connectivity index (χ0) is 12.6. The standard InChI is InChI=1S/C15H25N3/c1-2-18(13-14-7-9-16-10-8-14)12-11-17-15-5-3-4-6-15/h7-10,15,17H,2-6,11-13H2,1H3. The van der Waals surface area contributed by atoms with Crippen molar-refractivity contribution in [2.45, 2.75) is 45.2 Å². The SMILES string of the molecule is CCN(CCNC1CCCC1)Cc1ccncc1. The Morgan fingerprint density at radius 3 is 2.67 bits per heavy atom. The van der Waals surface area contributed by atoms with E-state index in [2.05, 4.69) is 34.3 Å². The van der Waals surface area contributed by atoms with Crippen molar-refractivity contribution in [2.75, 3.05) is 19.6 Å². The highest BCUT2D eigenvalue weighted by molar-refractivity contribution is 5.09. The Kier molecular flexibility index (Phi) is 5.62. The fourth-order valence-corrected chi connectivity index (χ4v) is 2.65. The number of nitrogens with one attached hydrogen (secondary N) is 1. The van der Waals surface area contributed by atoms with Crippen molar-refractivity contribution in [3.05, 3.63) is 30.1 Å². The molecule has 0 bridgehead atoms. The third-order valence-electron chi connectivity index (χ3n) is 3.82. The van der Waals surface area contributed by atoms with Gasteiger partial charge in [0.15, 0.2) is 0 Å². The summed E-state index contributed by atoms with van der Waals surface area (Å²) < 4.78 is 0. The van der Waals surface area contributed by atoms with Gasteiger partial charge in [-0.1, -0.05) is 19.8 Å². The summed E-state index contributed by atoms with van der Waals surface area (Å²) in [5.41, 5.74) is 1.35. The van der Waals surface area contributed by atoms with E-state index in [-0.39, 0.29) is 0 Å². The van der Waals surface area contributed by atoms with Crippen LogP contribution in [0.5, 0.6) is 0 Å². The summed E-state index contributed by atoms with van der Waals surface area (Å²) in [7, 11) is 0. The molecule has 18 heavy (non-hydrogen) atoms. The van der Waals surface area contributed by atoms with Gasteiger partial charge in [0.2, 0.25) is 0 Å². The van der Waals surface area contributed by atoms with Crippen molar-refractivity contribution in [2.24, 2.45) is 0 Å². The highest BCUT2D eigenvalue weighted by Gasteiger charge is 2.13. The highest BCUT2D eigenvalue weighted by Crippen LogP contribution is 2.17. The average Bonchev–Trinajstić information content (AvgIpc) is 2.92. The molecule has 0 aliphatic heterocycles.